The number of nitrogens with zero attached hydrogens (tertiary/aromatic N) is 1. The number of aliphatic hydroxyl groups is 1. The van der Waals surface area contributed by atoms with Crippen molar-refractivity contribution in [2.75, 3.05) is 6.61 Å². The average molecular weight is 291 g/mol. The number of benzene rings is 1. The van der Waals surface area contributed by atoms with Crippen molar-refractivity contribution < 1.29 is 19.4 Å². The first kappa shape index (κ1) is 15.5. The molecule has 0 aromatic heterocycles. The van der Waals surface area contributed by atoms with Gasteiger partial charge in [-0.1, -0.05) is 44.2 Å². The van der Waals surface area contributed by atoms with E-state index in [1.54, 1.807) is 13.8 Å². The molecule has 1 aromatic carbocycles. The van der Waals surface area contributed by atoms with E-state index in [1.165, 1.54) is 0 Å². The molecule has 1 saturated heterocycles. The van der Waals surface area contributed by atoms with Crippen molar-refractivity contribution in [3.05, 3.63) is 35.9 Å². The van der Waals surface area contributed by atoms with Crippen molar-refractivity contribution in [3.8, 4) is 0 Å². The van der Waals surface area contributed by atoms with Crippen LogP contribution in [0.5, 0.6) is 0 Å². The lowest BCUT2D eigenvalue weighted by atomic mass is 9.99. The molecular weight excluding hydrogens is 270 g/mol. The quantitative estimate of drug-likeness (QED) is 0.901. The van der Waals surface area contributed by atoms with Crippen LogP contribution in [-0.2, 0) is 16.0 Å². The molecule has 5 heteroatoms. The molecule has 1 fully saturated rings. The number of rotatable bonds is 5. The Morgan fingerprint density at radius 1 is 1.43 bits per heavy atom. The van der Waals surface area contributed by atoms with Gasteiger partial charge in [0.2, 0.25) is 5.91 Å². The molecule has 1 heterocycles. The van der Waals surface area contributed by atoms with Crippen LogP contribution < -0.4 is 0 Å². The van der Waals surface area contributed by atoms with Gasteiger partial charge in [-0.05, 0) is 18.4 Å². The molecule has 0 unspecified atom stereocenters. The number of cyclic esters (lactones) is 1. The van der Waals surface area contributed by atoms with Gasteiger partial charge in [0, 0.05) is 0 Å². The molecule has 114 valence electrons. The highest BCUT2D eigenvalue weighted by molar-refractivity contribution is 5.94. The first-order valence-electron chi connectivity index (χ1n) is 7.26. The van der Waals surface area contributed by atoms with Gasteiger partial charge in [-0.25, -0.2) is 9.69 Å². The number of imide groups is 1. The zero-order chi connectivity index (χ0) is 15.4. The molecule has 21 heavy (non-hydrogen) atoms. The molecule has 0 radical (unpaired) electrons. The SMILES string of the molecule is CC[C@@H](O)[C@H](C)C(=O)N1C(=O)OC[C@@H]1Cc1ccccc1. The van der Waals surface area contributed by atoms with E-state index in [0.717, 1.165) is 10.5 Å². The minimum absolute atomic E-state index is 0.203. The lowest BCUT2D eigenvalue weighted by Crippen LogP contribution is -2.45. The molecule has 2 rings (SSSR count). The summed E-state index contributed by atoms with van der Waals surface area (Å²) in [5.41, 5.74) is 1.04. The predicted molar refractivity (Wildman–Crippen MR) is 77.6 cm³/mol. The molecule has 0 saturated carbocycles. The lowest BCUT2D eigenvalue weighted by molar-refractivity contribution is -0.136. The van der Waals surface area contributed by atoms with E-state index < -0.39 is 18.1 Å². The Hall–Kier alpha value is -1.88. The molecule has 5 nitrogen and oxygen atoms in total. The maximum absolute atomic E-state index is 12.4. The molecule has 1 aliphatic rings. The number of carbonyl (C=O) groups is 2. The lowest BCUT2D eigenvalue weighted by Gasteiger charge is -2.25. The van der Waals surface area contributed by atoms with Crippen molar-refractivity contribution in [2.24, 2.45) is 5.92 Å². The summed E-state index contributed by atoms with van der Waals surface area (Å²) in [5, 5.41) is 9.82. The van der Waals surface area contributed by atoms with E-state index in [4.69, 9.17) is 4.74 Å². The van der Waals surface area contributed by atoms with E-state index >= 15 is 0 Å². The number of carbonyl (C=O) groups excluding carboxylic acids is 2. The van der Waals surface area contributed by atoms with Gasteiger partial charge in [-0.3, -0.25) is 4.79 Å². The Morgan fingerprint density at radius 3 is 2.71 bits per heavy atom. The summed E-state index contributed by atoms with van der Waals surface area (Å²) in [5.74, 6) is -0.980. The van der Waals surface area contributed by atoms with Crippen LogP contribution in [-0.4, -0.2) is 40.8 Å². The third kappa shape index (κ3) is 3.42. The normalized spacial score (nSPS) is 21.0. The Labute approximate surface area is 124 Å². The van der Waals surface area contributed by atoms with E-state index in [1.807, 2.05) is 30.3 Å². The van der Waals surface area contributed by atoms with Gasteiger partial charge in [0.15, 0.2) is 0 Å². The maximum Gasteiger partial charge on any atom is 0.416 e. The smallest absolute Gasteiger partial charge is 0.416 e. The highest BCUT2D eigenvalue weighted by Gasteiger charge is 2.40. The second-order valence-electron chi connectivity index (χ2n) is 5.39. The van der Waals surface area contributed by atoms with E-state index in [9.17, 15) is 14.7 Å². The summed E-state index contributed by atoms with van der Waals surface area (Å²) in [6.07, 6.45) is -0.328. The van der Waals surface area contributed by atoms with Crippen molar-refractivity contribution in [1.82, 2.24) is 4.90 Å². The maximum atomic E-state index is 12.4. The summed E-state index contributed by atoms with van der Waals surface area (Å²) >= 11 is 0. The van der Waals surface area contributed by atoms with Crippen molar-refractivity contribution in [1.29, 1.82) is 0 Å². The molecule has 1 aliphatic heterocycles. The summed E-state index contributed by atoms with van der Waals surface area (Å²) < 4.78 is 5.02. The fourth-order valence-electron chi connectivity index (χ4n) is 2.50. The molecule has 0 aliphatic carbocycles. The van der Waals surface area contributed by atoms with Crippen LogP contribution in [0, 0.1) is 5.92 Å². The highest BCUT2D eigenvalue weighted by Crippen LogP contribution is 2.21. The monoisotopic (exact) mass is 291 g/mol. The van der Waals surface area contributed by atoms with Gasteiger partial charge >= 0.3 is 6.09 Å². The predicted octanol–water partition coefficient (Wildman–Crippen LogP) is 1.98. The summed E-state index contributed by atoms with van der Waals surface area (Å²) in [6.45, 7) is 3.65. The van der Waals surface area contributed by atoms with E-state index in [0.29, 0.717) is 12.8 Å². The summed E-state index contributed by atoms with van der Waals surface area (Å²) in [6, 6.07) is 9.36. The average Bonchev–Trinajstić information content (AvgIpc) is 2.86. The second-order valence-corrected chi connectivity index (χ2v) is 5.39. The van der Waals surface area contributed by atoms with Crippen molar-refractivity contribution >= 4 is 12.0 Å². The molecule has 1 N–H and O–H groups in total. The number of amides is 2. The van der Waals surface area contributed by atoms with Gasteiger partial charge in [-0.15, -0.1) is 0 Å². The number of aliphatic hydroxyl groups excluding tert-OH is 1. The van der Waals surface area contributed by atoms with Crippen LogP contribution >= 0.6 is 0 Å². The van der Waals surface area contributed by atoms with Gasteiger partial charge in [0.1, 0.15) is 6.61 Å². The molecule has 2 amide bonds. The van der Waals surface area contributed by atoms with E-state index in [-0.39, 0.29) is 18.6 Å². The Kier molecular flexibility index (Phi) is 4.96. The van der Waals surface area contributed by atoms with Crippen molar-refractivity contribution in [3.63, 3.8) is 0 Å². The minimum Gasteiger partial charge on any atom is -0.447 e. The first-order valence-corrected chi connectivity index (χ1v) is 7.26. The van der Waals surface area contributed by atoms with Crippen LogP contribution in [0.4, 0.5) is 4.79 Å². The fourth-order valence-corrected chi connectivity index (χ4v) is 2.50. The Morgan fingerprint density at radius 2 is 2.10 bits per heavy atom. The van der Waals surface area contributed by atoms with Crippen molar-refractivity contribution in [2.45, 2.75) is 38.8 Å². The highest BCUT2D eigenvalue weighted by atomic mass is 16.6. The van der Waals surface area contributed by atoms with Gasteiger partial charge in [0.05, 0.1) is 18.1 Å². The molecule has 0 spiro atoms. The summed E-state index contributed by atoms with van der Waals surface area (Å²) in [7, 11) is 0. The third-order valence-corrected chi connectivity index (χ3v) is 3.90. The summed E-state index contributed by atoms with van der Waals surface area (Å²) in [4.78, 5) is 25.4. The van der Waals surface area contributed by atoms with Crippen LogP contribution in [0.25, 0.3) is 0 Å². The third-order valence-electron chi connectivity index (χ3n) is 3.90. The molecule has 0 bridgehead atoms. The van der Waals surface area contributed by atoms with Crippen LogP contribution in [0.3, 0.4) is 0 Å². The zero-order valence-corrected chi connectivity index (χ0v) is 12.4. The second kappa shape index (κ2) is 6.72. The Balaban J connectivity index is 2.11. The minimum atomic E-state index is -0.747. The largest absolute Gasteiger partial charge is 0.447 e. The van der Waals surface area contributed by atoms with E-state index in [2.05, 4.69) is 0 Å². The molecular formula is C16H21NO4. The number of hydrogen-bond acceptors (Lipinski definition) is 4. The topological polar surface area (TPSA) is 66.8 Å². The molecule has 3 atom stereocenters. The van der Waals surface area contributed by atoms with Crippen LogP contribution in [0.2, 0.25) is 0 Å². The van der Waals surface area contributed by atoms with Crippen LogP contribution in [0.15, 0.2) is 30.3 Å². The number of hydrogen-bond donors (Lipinski definition) is 1. The van der Waals surface area contributed by atoms with Gasteiger partial charge < -0.3 is 9.84 Å². The molecule has 1 aromatic rings. The van der Waals surface area contributed by atoms with Gasteiger partial charge in [-0.2, -0.15) is 0 Å². The standard InChI is InChI=1S/C16H21NO4/c1-3-14(18)11(2)15(19)17-13(10-21-16(17)20)9-12-7-5-4-6-8-12/h4-8,11,13-14,18H,3,9-10H2,1-2H3/t11-,13-,14+/m0/s1. The van der Waals surface area contributed by atoms with Gasteiger partial charge in [0.25, 0.3) is 0 Å². The zero-order valence-electron chi connectivity index (χ0n) is 12.4. The number of ether oxygens (including phenoxy) is 1. The Bertz CT molecular complexity index is 502. The fraction of sp³-hybridized carbons (Fsp3) is 0.500. The van der Waals surface area contributed by atoms with Crippen LogP contribution in [0.1, 0.15) is 25.8 Å². The first-order chi connectivity index (χ1) is 10.0.